The Morgan fingerprint density at radius 1 is 0.0878 bits per heavy atom. The first-order chi connectivity index (χ1) is 72.7. The van der Waals surface area contributed by atoms with Gasteiger partial charge in [-0.3, -0.25) is 0 Å². The van der Waals surface area contributed by atoms with E-state index in [1.54, 1.807) is 0 Å². The van der Waals surface area contributed by atoms with Crippen molar-refractivity contribution in [3.63, 3.8) is 0 Å². The molecule has 27 aromatic rings. The second kappa shape index (κ2) is 46.0. The lowest BCUT2D eigenvalue weighted by Gasteiger charge is -2.12. The smallest absolute Gasteiger partial charge is 0.00964 e. The Morgan fingerprint density at radius 3 is 0.723 bits per heavy atom. The predicted octanol–water partition coefficient (Wildman–Crippen LogP) is 42.0. The molecule has 0 atom stereocenters. The summed E-state index contributed by atoms with van der Waals surface area (Å²) in [6.07, 6.45) is 0. The first-order valence-electron chi connectivity index (χ1n) is 51.4. The highest BCUT2D eigenvalue weighted by Crippen LogP contribution is 2.42. The molecule has 0 aromatic heterocycles. The maximum absolute atomic E-state index is 2.32. The third-order valence-corrected chi connectivity index (χ3v) is 28.1. The molecule has 0 radical (unpaired) electrons. The topological polar surface area (TPSA) is 0 Å². The summed E-state index contributed by atoms with van der Waals surface area (Å²) in [6, 6.07) is 204. The second-order valence-corrected chi connectivity index (χ2v) is 38.6. The van der Waals surface area contributed by atoms with Gasteiger partial charge in [0.1, 0.15) is 0 Å². The predicted molar refractivity (Wildman–Crippen MR) is 645 cm³/mol. The molecule has 0 heterocycles. The lowest BCUT2D eigenvalue weighted by atomic mass is 9.91. The largest absolute Gasteiger partial charge is 0.0620 e. The summed E-state index contributed by atoms with van der Waals surface area (Å²) in [5.41, 5.74) is 31.2. The zero-order chi connectivity index (χ0) is 101. The number of hydrogen-bond donors (Lipinski definition) is 0. The molecule has 27 rings (SSSR count). The minimum atomic E-state index is 1.28. The van der Waals surface area contributed by atoms with E-state index in [1.807, 2.05) is 0 Å². The molecule has 0 saturated carbocycles. The van der Waals surface area contributed by atoms with E-state index < -0.39 is 0 Å². The third kappa shape index (κ3) is 22.9. The number of aryl methyl sites for hydroxylation is 8. The van der Waals surface area contributed by atoms with Gasteiger partial charge in [-0.15, -0.1) is 0 Å². The van der Waals surface area contributed by atoms with Gasteiger partial charge in [-0.2, -0.15) is 0 Å². The third-order valence-electron chi connectivity index (χ3n) is 28.1. The zero-order valence-electron chi connectivity index (χ0n) is 85.3. The fourth-order valence-corrected chi connectivity index (χ4v) is 20.3. The molecule has 0 amide bonds. The first-order valence-corrected chi connectivity index (χ1v) is 51.4. The summed E-state index contributed by atoms with van der Waals surface area (Å²) in [5, 5.41) is 28.8. The van der Waals surface area contributed by atoms with Crippen molar-refractivity contribution in [1.82, 2.24) is 0 Å². The Labute approximate surface area is 871 Å². The SMILES string of the molecule is Cc1ccc(-c2cc3ccccc3c3ccccc23)cc1.Cc1ccc(-c2ccc3ccccc3c2)cc1.Cc1ccc(-c2cccc3ccccc23)cc1.Cc1cccc(-c2cc3ccccc3c3ccccc23)c1.Cc1cccc(-c2ccc3ccccc3c2)c1.Cc1cccc(-c2cccc3ccccc23)c1.Cc1ccccc1-c1cc2ccccc2c2ccccc12.Cc1ccccc1-c1ccc2ccccc2c1. The van der Waals surface area contributed by atoms with Gasteiger partial charge in [0.25, 0.3) is 0 Å². The molecule has 0 heteroatoms. The quantitative estimate of drug-likeness (QED) is 0.133. The van der Waals surface area contributed by atoms with Crippen LogP contribution in [0.2, 0.25) is 0 Å². The van der Waals surface area contributed by atoms with Crippen molar-refractivity contribution in [2.75, 3.05) is 0 Å². The standard InChI is InChI=1S/3C21H16.5C17H14/c1-15-8-2-4-10-17(15)21-14-16-9-3-5-11-18(16)19-12-6-7-13-20(19)21;1-15-7-6-9-16(13-15)21-14-17-8-2-3-10-18(17)19-11-4-5-12-20(19)21;1-15-10-12-16(13-11-15)21-14-17-6-2-3-7-18(17)19-8-4-5-9-20(19)21;1-13-6-2-5-9-17(13)16-11-10-14-7-3-4-8-15(14)12-16;1-13-6-4-9-15(12-13)17-11-5-8-14-7-2-3-10-16(14)17;1-13-5-4-8-15(11-13)17-10-9-14-6-2-3-7-16(14)12-17;1-13-9-11-15(12-10-13)17-8-4-6-14-5-2-3-7-16(14)17;1-13-6-8-15(9-7-13)17-11-10-14-4-2-3-5-16(14)12-17/h3*2-14H,1H3;5*2-12H,1H3. The van der Waals surface area contributed by atoms with E-state index in [1.165, 1.54) is 252 Å². The average molecular weight is 1900 g/mol. The van der Waals surface area contributed by atoms with Crippen LogP contribution in [0.25, 0.3) is 208 Å². The van der Waals surface area contributed by atoms with Gasteiger partial charge >= 0.3 is 0 Å². The molecule has 0 spiro atoms. The monoisotopic (exact) mass is 1890 g/mol. The molecule has 0 N–H and O–H groups in total. The second-order valence-electron chi connectivity index (χ2n) is 38.6. The van der Waals surface area contributed by atoms with E-state index in [9.17, 15) is 0 Å². The molecule has 0 unspecified atom stereocenters. The molecular formula is C148H118. The minimum Gasteiger partial charge on any atom is -0.0620 e. The van der Waals surface area contributed by atoms with Crippen LogP contribution in [0.1, 0.15) is 44.5 Å². The van der Waals surface area contributed by atoms with Crippen molar-refractivity contribution in [2.45, 2.75) is 55.4 Å². The maximum Gasteiger partial charge on any atom is -0.00964 e. The van der Waals surface area contributed by atoms with E-state index in [0.717, 1.165) is 0 Å². The Kier molecular flexibility index (Phi) is 30.2. The molecule has 0 saturated heterocycles. The van der Waals surface area contributed by atoms with Crippen LogP contribution in [-0.2, 0) is 0 Å². The zero-order valence-corrected chi connectivity index (χ0v) is 85.3. The first kappa shape index (κ1) is 97.3. The lowest BCUT2D eigenvalue weighted by Crippen LogP contribution is -1.86. The molecule has 0 bridgehead atoms. The van der Waals surface area contributed by atoms with Gasteiger partial charge in [-0.1, -0.05) is 567 Å². The molecule has 0 aliphatic heterocycles. The van der Waals surface area contributed by atoms with E-state index in [4.69, 9.17) is 0 Å². The molecular weight excluding hydrogens is 1780 g/mol. The van der Waals surface area contributed by atoms with Gasteiger partial charge < -0.3 is 0 Å². The minimum absolute atomic E-state index is 1.28. The van der Waals surface area contributed by atoms with Crippen LogP contribution in [0.4, 0.5) is 0 Å². The highest BCUT2D eigenvalue weighted by atomic mass is 14.2. The van der Waals surface area contributed by atoms with Crippen molar-refractivity contribution in [3.8, 4) is 89.0 Å². The van der Waals surface area contributed by atoms with Crippen molar-refractivity contribution in [2.24, 2.45) is 0 Å². The van der Waals surface area contributed by atoms with Crippen LogP contribution >= 0.6 is 0 Å². The van der Waals surface area contributed by atoms with Gasteiger partial charge in [0, 0.05) is 0 Å². The fourth-order valence-electron chi connectivity index (χ4n) is 20.3. The number of fused-ring (bicyclic) bond motifs is 14. The average Bonchev–Trinajstić information content (AvgIpc) is 0.766. The summed E-state index contributed by atoms with van der Waals surface area (Å²) in [5.74, 6) is 0. The number of benzene rings is 27. The van der Waals surface area contributed by atoms with Crippen LogP contribution in [0.3, 0.4) is 0 Å². The molecule has 27 aromatic carbocycles. The molecule has 0 aliphatic carbocycles. The Bertz CT molecular complexity index is 9340. The van der Waals surface area contributed by atoms with E-state index >= 15 is 0 Å². The lowest BCUT2D eigenvalue weighted by molar-refractivity contribution is 1.46. The van der Waals surface area contributed by atoms with Crippen LogP contribution < -0.4 is 0 Å². The van der Waals surface area contributed by atoms with Gasteiger partial charge in [0.2, 0.25) is 0 Å². The summed E-state index contributed by atoms with van der Waals surface area (Å²) in [4.78, 5) is 0. The van der Waals surface area contributed by atoms with Gasteiger partial charge in [-0.25, -0.2) is 0 Å². The van der Waals surface area contributed by atoms with Crippen LogP contribution in [-0.4, -0.2) is 0 Å². The summed E-state index contributed by atoms with van der Waals surface area (Å²) in [6.45, 7) is 17.1. The van der Waals surface area contributed by atoms with Crippen molar-refractivity contribution in [3.05, 3.63) is 615 Å². The van der Waals surface area contributed by atoms with Crippen LogP contribution in [0.15, 0.2) is 570 Å². The normalized spacial score (nSPS) is 10.8. The highest BCUT2D eigenvalue weighted by molar-refractivity contribution is 6.17. The molecule has 710 valence electrons. The Morgan fingerprint density at radius 2 is 0.318 bits per heavy atom. The van der Waals surface area contributed by atoms with Crippen LogP contribution in [0, 0.1) is 55.4 Å². The van der Waals surface area contributed by atoms with Crippen LogP contribution in [0.5, 0.6) is 0 Å². The maximum atomic E-state index is 2.32. The number of rotatable bonds is 8. The fraction of sp³-hybridized carbons (Fsp3) is 0.0541. The Hall–Kier alpha value is -18.2. The van der Waals surface area contributed by atoms with Gasteiger partial charge in [0.05, 0.1) is 0 Å². The van der Waals surface area contributed by atoms with E-state index in [2.05, 4.69) is 626 Å². The molecule has 148 heavy (non-hydrogen) atoms. The van der Waals surface area contributed by atoms with Crippen molar-refractivity contribution >= 4 is 118 Å². The van der Waals surface area contributed by atoms with Crippen molar-refractivity contribution in [1.29, 1.82) is 0 Å². The summed E-state index contributed by atoms with van der Waals surface area (Å²) in [7, 11) is 0. The van der Waals surface area contributed by atoms with Crippen molar-refractivity contribution < 1.29 is 0 Å². The summed E-state index contributed by atoms with van der Waals surface area (Å²) < 4.78 is 0. The molecule has 0 fully saturated rings. The van der Waals surface area contributed by atoms with Gasteiger partial charge in [-0.05, 0) is 310 Å². The Balaban J connectivity index is 0.000000103. The highest BCUT2D eigenvalue weighted by Gasteiger charge is 2.15. The van der Waals surface area contributed by atoms with E-state index in [0.29, 0.717) is 0 Å². The van der Waals surface area contributed by atoms with E-state index in [-0.39, 0.29) is 0 Å². The number of hydrogen-bond acceptors (Lipinski definition) is 0. The summed E-state index contributed by atoms with van der Waals surface area (Å²) >= 11 is 0. The van der Waals surface area contributed by atoms with Gasteiger partial charge in [0.15, 0.2) is 0 Å². The molecule has 0 nitrogen and oxygen atoms in total. The molecule has 0 aliphatic rings.